The molecule has 0 saturated carbocycles. The SMILES string of the molecule is Cc1cccc(NC(=O)c2c(NC(=O)CN3CCOCC3)sc3c2CCC3)c1. The molecule has 2 heterocycles. The van der Waals surface area contributed by atoms with E-state index < -0.39 is 0 Å². The van der Waals surface area contributed by atoms with E-state index in [0.717, 1.165) is 49.2 Å². The molecule has 7 heteroatoms. The van der Waals surface area contributed by atoms with Gasteiger partial charge in [-0.05, 0) is 49.4 Å². The first-order valence-electron chi connectivity index (χ1n) is 9.72. The molecule has 1 aromatic carbocycles. The number of aryl methyl sites for hydroxylation is 2. The van der Waals surface area contributed by atoms with Crippen molar-refractivity contribution in [2.45, 2.75) is 26.2 Å². The van der Waals surface area contributed by atoms with Gasteiger partial charge in [-0.25, -0.2) is 0 Å². The fourth-order valence-electron chi connectivity index (χ4n) is 3.78. The minimum absolute atomic E-state index is 0.0774. The van der Waals surface area contributed by atoms with Crippen LogP contribution in [-0.2, 0) is 22.4 Å². The molecule has 0 radical (unpaired) electrons. The third-order valence-corrected chi connectivity index (χ3v) is 6.36. The van der Waals surface area contributed by atoms with E-state index in [-0.39, 0.29) is 11.8 Å². The Kier molecular flexibility index (Phi) is 5.75. The number of rotatable bonds is 5. The van der Waals surface area contributed by atoms with Crippen LogP contribution in [0, 0.1) is 6.92 Å². The van der Waals surface area contributed by atoms with Gasteiger partial charge < -0.3 is 15.4 Å². The third kappa shape index (κ3) is 4.27. The van der Waals surface area contributed by atoms with E-state index in [9.17, 15) is 9.59 Å². The van der Waals surface area contributed by atoms with Crippen molar-refractivity contribution in [3.05, 3.63) is 45.8 Å². The van der Waals surface area contributed by atoms with Crippen molar-refractivity contribution in [1.82, 2.24) is 4.90 Å². The molecule has 148 valence electrons. The Hall–Kier alpha value is -2.22. The molecule has 1 aliphatic carbocycles. The predicted molar refractivity (Wildman–Crippen MR) is 111 cm³/mol. The van der Waals surface area contributed by atoms with Crippen molar-refractivity contribution in [3.8, 4) is 0 Å². The lowest BCUT2D eigenvalue weighted by Crippen LogP contribution is -2.41. The molecular weight excluding hydrogens is 374 g/mol. The van der Waals surface area contributed by atoms with Gasteiger partial charge in [0, 0.05) is 23.7 Å². The normalized spacial score (nSPS) is 16.6. The summed E-state index contributed by atoms with van der Waals surface area (Å²) in [7, 11) is 0. The van der Waals surface area contributed by atoms with Gasteiger partial charge >= 0.3 is 0 Å². The molecule has 2 amide bonds. The first kappa shape index (κ1) is 19.1. The highest BCUT2D eigenvalue weighted by Gasteiger charge is 2.28. The van der Waals surface area contributed by atoms with Crippen molar-refractivity contribution in [1.29, 1.82) is 0 Å². The monoisotopic (exact) mass is 399 g/mol. The zero-order valence-corrected chi connectivity index (χ0v) is 16.9. The summed E-state index contributed by atoms with van der Waals surface area (Å²) in [5.41, 5.74) is 3.59. The third-order valence-electron chi connectivity index (χ3n) is 5.15. The molecule has 1 saturated heterocycles. The largest absolute Gasteiger partial charge is 0.379 e. The van der Waals surface area contributed by atoms with Crippen molar-refractivity contribution >= 4 is 33.8 Å². The van der Waals surface area contributed by atoms with Gasteiger partial charge in [0.2, 0.25) is 5.91 Å². The van der Waals surface area contributed by atoms with E-state index in [1.54, 1.807) is 11.3 Å². The minimum Gasteiger partial charge on any atom is -0.379 e. The highest BCUT2D eigenvalue weighted by Crippen LogP contribution is 2.39. The number of ether oxygens (including phenoxy) is 1. The van der Waals surface area contributed by atoms with Crippen LogP contribution in [0.15, 0.2) is 24.3 Å². The van der Waals surface area contributed by atoms with Gasteiger partial charge in [-0.1, -0.05) is 12.1 Å². The van der Waals surface area contributed by atoms with Crippen LogP contribution in [0.1, 0.15) is 32.8 Å². The molecule has 28 heavy (non-hydrogen) atoms. The Morgan fingerprint density at radius 2 is 2.00 bits per heavy atom. The molecule has 0 atom stereocenters. The van der Waals surface area contributed by atoms with Gasteiger partial charge in [0.05, 0.1) is 25.3 Å². The maximum atomic E-state index is 13.1. The molecule has 1 aromatic heterocycles. The number of benzene rings is 1. The molecule has 0 unspecified atom stereocenters. The highest BCUT2D eigenvalue weighted by molar-refractivity contribution is 7.17. The van der Waals surface area contributed by atoms with Crippen LogP contribution in [0.5, 0.6) is 0 Å². The van der Waals surface area contributed by atoms with Crippen molar-refractivity contribution < 1.29 is 14.3 Å². The summed E-state index contributed by atoms with van der Waals surface area (Å²) in [5, 5.41) is 6.68. The zero-order chi connectivity index (χ0) is 19.5. The molecule has 2 aliphatic rings. The standard InChI is InChI=1S/C21H25N3O3S/c1-14-4-2-5-15(12-14)22-20(26)19-16-6-3-7-17(16)28-21(19)23-18(25)13-24-8-10-27-11-9-24/h2,4-5,12H,3,6-11,13H2,1H3,(H,22,26)(H,23,25). The number of nitrogens with zero attached hydrogens (tertiary/aromatic N) is 1. The van der Waals surface area contributed by atoms with Crippen LogP contribution < -0.4 is 10.6 Å². The number of anilines is 2. The maximum absolute atomic E-state index is 13.1. The number of carbonyl (C=O) groups excluding carboxylic acids is 2. The van der Waals surface area contributed by atoms with Gasteiger partial charge in [0.25, 0.3) is 5.91 Å². The van der Waals surface area contributed by atoms with E-state index in [4.69, 9.17) is 4.74 Å². The van der Waals surface area contributed by atoms with Gasteiger partial charge in [0.15, 0.2) is 0 Å². The van der Waals surface area contributed by atoms with Crippen LogP contribution >= 0.6 is 11.3 Å². The summed E-state index contributed by atoms with van der Waals surface area (Å²) in [5.74, 6) is -0.224. The summed E-state index contributed by atoms with van der Waals surface area (Å²) < 4.78 is 5.33. The summed E-state index contributed by atoms with van der Waals surface area (Å²) in [6, 6.07) is 7.75. The molecule has 4 rings (SSSR count). The first-order valence-corrected chi connectivity index (χ1v) is 10.5. The fraction of sp³-hybridized carbons (Fsp3) is 0.429. The number of hydrogen-bond acceptors (Lipinski definition) is 5. The number of hydrogen-bond donors (Lipinski definition) is 2. The second kappa shape index (κ2) is 8.43. The lowest BCUT2D eigenvalue weighted by atomic mass is 10.1. The number of amides is 2. The van der Waals surface area contributed by atoms with E-state index in [0.29, 0.717) is 30.3 Å². The van der Waals surface area contributed by atoms with E-state index in [1.165, 1.54) is 4.88 Å². The molecule has 6 nitrogen and oxygen atoms in total. The summed E-state index contributed by atoms with van der Waals surface area (Å²) in [6.45, 7) is 5.15. The zero-order valence-electron chi connectivity index (χ0n) is 16.0. The van der Waals surface area contributed by atoms with Gasteiger partial charge in [-0.2, -0.15) is 0 Å². The van der Waals surface area contributed by atoms with E-state index in [1.807, 2.05) is 31.2 Å². The van der Waals surface area contributed by atoms with Crippen molar-refractivity contribution in [3.63, 3.8) is 0 Å². The fourth-order valence-corrected chi connectivity index (χ4v) is 5.08. The average Bonchev–Trinajstić information content (AvgIpc) is 3.23. The van der Waals surface area contributed by atoms with Gasteiger partial charge in [-0.15, -0.1) is 11.3 Å². The summed E-state index contributed by atoms with van der Waals surface area (Å²) in [4.78, 5) is 28.9. The Morgan fingerprint density at radius 1 is 1.18 bits per heavy atom. The lowest BCUT2D eigenvalue weighted by molar-refractivity contribution is -0.118. The second-order valence-electron chi connectivity index (χ2n) is 7.32. The number of carbonyl (C=O) groups is 2. The smallest absolute Gasteiger partial charge is 0.258 e. The first-order chi connectivity index (χ1) is 13.6. The molecule has 2 N–H and O–H groups in total. The molecule has 0 spiro atoms. The van der Waals surface area contributed by atoms with Crippen LogP contribution in [-0.4, -0.2) is 49.6 Å². The number of nitrogens with one attached hydrogen (secondary N) is 2. The molecule has 0 bridgehead atoms. The molecule has 1 fully saturated rings. The topological polar surface area (TPSA) is 70.7 Å². The molecular formula is C21H25N3O3S. The predicted octanol–water partition coefficient (Wildman–Crippen LogP) is 3.07. The summed E-state index contributed by atoms with van der Waals surface area (Å²) >= 11 is 1.55. The minimum atomic E-state index is -0.147. The van der Waals surface area contributed by atoms with E-state index in [2.05, 4.69) is 15.5 Å². The van der Waals surface area contributed by atoms with Crippen molar-refractivity contribution in [2.75, 3.05) is 43.5 Å². The van der Waals surface area contributed by atoms with Crippen LogP contribution in [0.25, 0.3) is 0 Å². The van der Waals surface area contributed by atoms with Gasteiger partial charge in [-0.3, -0.25) is 14.5 Å². The maximum Gasteiger partial charge on any atom is 0.258 e. The highest BCUT2D eigenvalue weighted by atomic mass is 32.1. The van der Waals surface area contributed by atoms with Crippen LogP contribution in [0.2, 0.25) is 0 Å². The average molecular weight is 400 g/mol. The summed E-state index contributed by atoms with van der Waals surface area (Å²) in [6.07, 6.45) is 2.93. The second-order valence-corrected chi connectivity index (χ2v) is 8.43. The molecule has 2 aromatic rings. The number of fused-ring (bicyclic) bond motifs is 1. The Bertz CT molecular complexity index is 887. The number of thiophene rings is 1. The van der Waals surface area contributed by atoms with Crippen molar-refractivity contribution in [2.24, 2.45) is 0 Å². The Morgan fingerprint density at radius 3 is 2.79 bits per heavy atom. The quantitative estimate of drug-likeness (QED) is 0.811. The van der Waals surface area contributed by atoms with Crippen LogP contribution in [0.4, 0.5) is 10.7 Å². The molecule has 1 aliphatic heterocycles. The van der Waals surface area contributed by atoms with E-state index >= 15 is 0 Å². The van der Waals surface area contributed by atoms with Crippen LogP contribution in [0.3, 0.4) is 0 Å². The number of morpholine rings is 1. The van der Waals surface area contributed by atoms with Gasteiger partial charge in [0.1, 0.15) is 5.00 Å². The Balaban J connectivity index is 1.51. The lowest BCUT2D eigenvalue weighted by Gasteiger charge is -2.25. The Labute approximate surface area is 168 Å².